The summed E-state index contributed by atoms with van der Waals surface area (Å²) < 4.78 is 5.18. The second kappa shape index (κ2) is 10.7. The summed E-state index contributed by atoms with van der Waals surface area (Å²) in [7, 11) is 0. The fourth-order valence-corrected chi connectivity index (χ4v) is 4.51. The van der Waals surface area contributed by atoms with Crippen molar-refractivity contribution in [2.45, 2.75) is 58.0 Å². The first-order chi connectivity index (χ1) is 16.8. The van der Waals surface area contributed by atoms with E-state index >= 15 is 0 Å². The zero-order valence-electron chi connectivity index (χ0n) is 20.4. The highest BCUT2D eigenvalue weighted by Gasteiger charge is 2.25. The van der Waals surface area contributed by atoms with Gasteiger partial charge in [0.15, 0.2) is 0 Å². The molecule has 188 valence electrons. The number of nitrogens with two attached hydrogens (primary N) is 2. The second-order valence-corrected chi connectivity index (χ2v) is 9.41. The minimum Gasteiger partial charge on any atom is -0.445 e. The van der Waals surface area contributed by atoms with E-state index in [1.807, 2.05) is 17.0 Å². The van der Waals surface area contributed by atoms with Crippen LogP contribution in [-0.2, 0) is 4.74 Å². The Morgan fingerprint density at radius 2 is 1.80 bits per heavy atom. The van der Waals surface area contributed by atoms with Gasteiger partial charge >= 0.3 is 6.09 Å². The molecule has 1 atom stereocenters. The van der Waals surface area contributed by atoms with Gasteiger partial charge in [-0.25, -0.2) is 14.8 Å². The molecule has 1 unspecified atom stereocenters. The van der Waals surface area contributed by atoms with E-state index in [9.17, 15) is 9.59 Å². The zero-order valence-corrected chi connectivity index (χ0v) is 20.4. The summed E-state index contributed by atoms with van der Waals surface area (Å²) in [5.41, 5.74) is 12.8. The van der Waals surface area contributed by atoms with Crippen molar-refractivity contribution in [2.75, 3.05) is 41.3 Å². The number of anilines is 4. The molecule has 4 rings (SSSR count). The van der Waals surface area contributed by atoms with E-state index in [2.05, 4.69) is 34.0 Å². The lowest BCUT2D eigenvalue weighted by Gasteiger charge is -2.32. The molecule has 2 saturated heterocycles. The van der Waals surface area contributed by atoms with Gasteiger partial charge in [0.05, 0.1) is 6.54 Å². The first-order valence-corrected chi connectivity index (χ1v) is 12.2. The molecule has 0 aliphatic carbocycles. The molecule has 2 fully saturated rings. The highest BCUT2D eigenvalue weighted by Crippen LogP contribution is 2.29. The number of ether oxygens (including phenoxy) is 1. The number of carbonyl (C=O) groups excluding carboxylic acids is 2. The second-order valence-electron chi connectivity index (χ2n) is 9.41. The number of nitrogens with zero attached hydrogens (tertiary/aromatic N) is 5. The van der Waals surface area contributed by atoms with Crippen LogP contribution in [0.2, 0.25) is 0 Å². The lowest BCUT2D eigenvalue weighted by Crippen LogP contribution is -2.42. The maximum absolute atomic E-state index is 12.2. The highest BCUT2D eigenvalue weighted by molar-refractivity contribution is 5.98. The zero-order chi connectivity index (χ0) is 24.9. The van der Waals surface area contributed by atoms with Crippen LogP contribution < -0.4 is 26.6 Å². The van der Waals surface area contributed by atoms with E-state index < -0.39 is 12.0 Å². The van der Waals surface area contributed by atoms with Crippen LogP contribution in [0.1, 0.15) is 67.9 Å². The maximum atomic E-state index is 12.2. The van der Waals surface area contributed by atoms with Crippen LogP contribution in [-0.4, -0.2) is 59.2 Å². The van der Waals surface area contributed by atoms with Crippen molar-refractivity contribution in [3.8, 4) is 0 Å². The number of primary amides is 2. The first-order valence-electron chi connectivity index (χ1n) is 12.2. The summed E-state index contributed by atoms with van der Waals surface area (Å²) in [5, 5.41) is 3.30. The predicted octanol–water partition coefficient (Wildman–Crippen LogP) is 2.89. The SMILES string of the molecule is CC(C)c1cc(Nc2nc(N3CCCC(OC(N)=O)C3)ncc2C(N)=O)cc(N2CCCCC2)n1. The van der Waals surface area contributed by atoms with Crippen molar-refractivity contribution in [3.05, 3.63) is 29.6 Å². The molecule has 4 heterocycles. The lowest BCUT2D eigenvalue weighted by molar-refractivity contribution is 0.0959. The number of carbonyl (C=O) groups is 2. The molecule has 0 saturated carbocycles. The Balaban J connectivity index is 1.64. The van der Waals surface area contributed by atoms with E-state index in [1.54, 1.807) is 0 Å². The number of pyridine rings is 1. The molecule has 11 nitrogen and oxygen atoms in total. The molecule has 2 aliphatic rings. The fourth-order valence-electron chi connectivity index (χ4n) is 4.51. The van der Waals surface area contributed by atoms with E-state index in [4.69, 9.17) is 21.2 Å². The lowest BCUT2D eigenvalue weighted by atomic mass is 10.1. The van der Waals surface area contributed by atoms with E-state index in [1.165, 1.54) is 12.6 Å². The number of nitrogens with one attached hydrogen (secondary N) is 1. The molecule has 2 amide bonds. The third kappa shape index (κ3) is 6.09. The summed E-state index contributed by atoms with van der Waals surface area (Å²) in [6.07, 6.45) is 5.34. The quantitative estimate of drug-likeness (QED) is 0.540. The minimum absolute atomic E-state index is 0.193. The molecule has 0 radical (unpaired) electrons. The predicted molar refractivity (Wildman–Crippen MR) is 134 cm³/mol. The van der Waals surface area contributed by atoms with Crippen molar-refractivity contribution in [1.29, 1.82) is 0 Å². The molecular formula is C24H34N8O3. The van der Waals surface area contributed by atoms with Crippen LogP contribution in [0.4, 0.5) is 28.1 Å². The molecule has 0 spiro atoms. The monoisotopic (exact) mass is 482 g/mol. The normalized spacial score (nSPS) is 18.4. The number of amides is 2. The molecule has 2 aromatic rings. The molecular weight excluding hydrogens is 448 g/mol. The van der Waals surface area contributed by atoms with Gasteiger partial charge in [0.2, 0.25) is 5.95 Å². The molecule has 0 bridgehead atoms. The maximum Gasteiger partial charge on any atom is 0.404 e. The van der Waals surface area contributed by atoms with Crippen molar-refractivity contribution in [3.63, 3.8) is 0 Å². The topological polar surface area (TPSA) is 153 Å². The summed E-state index contributed by atoms with van der Waals surface area (Å²) in [6.45, 7) is 7.27. The smallest absolute Gasteiger partial charge is 0.404 e. The van der Waals surface area contributed by atoms with Crippen molar-refractivity contribution < 1.29 is 14.3 Å². The molecule has 5 N–H and O–H groups in total. The van der Waals surface area contributed by atoms with Gasteiger partial charge in [-0.2, -0.15) is 4.98 Å². The Labute approximate surface area is 205 Å². The van der Waals surface area contributed by atoms with E-state index in [-0.39, 0.29) is 17.6 Å². The van der Waals surface area contributed by atoms with Crippen LogP contribution in [0.3, 0.4) is 0 Å². The van der Waals surface area contributed by atoms with Crippen LogP contribution in [0.5, 0.6) is 0 Å². The number of aromatic nitrogens is 3. The van der Waals surface area contributed by atoms with Gasteiger partial charge in [-0.15, -0.1) is 0 Å². The summed E-state index contributed by atoms with van der Waals surface area (Å²) in [6, 6.07) is 3.96. The Bertz CT molecular complexity index is 1070. The summed E-state index contributed by atoms with van der Waals surface area (Å²) in [5.74, 6) is 1.26. The Morgan fingerprint density at radius 3 is 2.49 bits per heavy atom. The third-order valence-corrected chi connectivity index (χ3v) is 6.35. The van der Waals surface area contributed by atoms with Gasteiger partial charge in [-0.1, -0.05) is 13.8 Å². The number of piperidine rings is 2. The largest absolute Gasteiger partial charge is 0.445 e. The van der Waals surface area contributed by atoms with Crippen molar-refractivity contribution in [2.24, 2.45) is 11.5 Å². The minimum atomic E-state index is -0.799. The van der Waals surface area contributed by atoms with E-state index in [0.29, 0.717) is 24.9 Å². The van der Waals surface area contributed by atoms with Crippen LogP contribution in [0.15, 0.2) is 18.3 Å². The number of rotatable bonds is 7. The molecule has 2 aliphatic heterocycles. The standard InChI is InChI=1S/C24H34N8O3/c1-15(2)19-11-16(12-20(29-19)31-8-4-3-5-9-31)28-22-18(21(25)33)13-27-24(30-22)32-10-6-7-17(14-32)35-23(26)34/h11-13,15,17H,3-10,14H2,1-2H3,(H2,25,33)(H2,26,34)(H,27,28,29,30). The molecule has 11 heteroatoms. The Hall–Kier alpha value is -3.63. The highest BCUT2D eigenvalue weighted by atomic mass is 16.6. The molecule has 2 aromatic heterocycles. The third-order valence-electron chi connectivity index (χ3n) is 6.35. The van der Waals surface area contributed by atoms with Crippen LogP contribution in [0, 0.1) is 0 Å². The van der Waals surface area contributed by atoms with Gasteiger partial charge in [-0.3, -0.25) is 4.79 Å². The Morgan fingerprint density at radius 1 is 1.06 bits per heavy atom. The molecule has 0 aromatic carbocycles. The van der Waals surface area contributed by atoms with Gasteiger partial charge in [-0.05, 0) is 44.1 Å². The van der Waals surface area contributed by atoms with Gasteiger partial charge < -0.3 is 31.3 Å². The summed E-state index contributed by atoms with van der Waals surface area (Å²) >= 11 is 0. The van der Waals surface area contributed by atoms with Gasteiger partial charge in [0.25, 0.3) is 5.91 Å². The first kappa shape index (κ1) is 24.5. The van der Waals surface area contributed by atoms with Crippen molar-refractivity contribution >= 4 is 35.3 Å². The molecule has 35 heavy (non-hydrogen) atoms. The Kier molecular flexibility index (Phi) is 7.52. The van der Waals surface area contributed by atoms with Gasteiger partial charge in [0.1, 0.15) is 23.3 Å². The number of hydrogen-bond acceptors (Lipinski definition) is 9. The number of hydrogen-bond donors (Lipinski definition) is 3. The van der Waals surface area contributed by atoms with Crippen LogP contribution >= 0.6 is 0 Å². The summed E-state index contributed by atoms with van der Waals surface area (Å²) in [4.78, 5) is 41.4. The van der Waals surface area contributed by atoms with Crippen molar-refractivity contribution in [1.82, 2.24) is 15.0 Å². The van der Waals surface area contributed by atoms with Gasteiger partial charge in [0, 0.05) is 43.3 Å². The average molecular weight is 483 g/mol. The average Bonchev–Trinajstić information content (AvgIpc) is 2.84. The van der Waals surface area contributed by atoms with E-state index in [0.717, 1.165) is 56.0 Å². The van der Waals surface area contributed by atoms with Crippen LogP contribution in [0.25, 0.3) is 0 Å². The fraction of sp³-hybridized carbons (Fsp3) is 0.542.